The Hall–Kier alpha value is -1.26. The lowest BCUT2D eigenvalue weighted by Gasteiger charge is -2.22. The lowest BCUT2D eigenvalue weighted by molar-refractivity contribution is 0.192. The predicted molar refractivity (Wildman–Crippen MR) is 65.4 cm³/mol. The Labute approximate surface area is 101 Å². The second kappa shape index (κ2) is 4.20. The van der Waals surface area contributed by atoms with E-state index < -0.39 is 0 Å². The van der Waals surface area contributed by atoms with E-state index in [-0.39, 0.29) is 5.75 Å². The molecular weight excluding hydrogens is 216 g/mol. The van der Waals surface area contributed by atoms with Crippen molar-refractivity contribution in [3.63, 3.8) is 0 Å². The van der Waals surface area contributed by atoms with E-state index in [0.29, 0.717) is 18.7 Å². The zero-order chi connectivity index (χ0) is 11.8. The Kier molecular flexibility index (Phi) is 2.68. The Morgan fingerprint density at radius 1 is 1.47 bits per heavy atom. The Bertz CT molecular complexity index is 422. The first-order valence-electron chi connectivity index (χ1n) is 6.15. The van der Waals surface area contributed by atoms with Crippen molar-refractivity contribution in [2.45, 2.75) is 18.5 Å². The van der Waals surface area contributed by atoms with Crippen LogP contribution in [-0.2, 0) is 0 Å². The molecule has 2 aliphatic rings. The van der Waals surface area contributed by atoms with Crippen molar-refractivity contribution in [1.82, 2.24) is 10.2 Å². The van der Waals surface area contributed by atoms with Crippen LogP contribution < -0.4 is 10.1 Å². The molecule has 4 nitrogen and oxygen atoms in total. The number of likely N-dealkylation sites (N-methyl/N-ethyl adjacent to an activating group) is 1. The second-order valence-corrected chi connectivity index (χ2v) is 4.82. The first-order chi connectivity index (χ1) is 8.28. The number of benzene rings is 1. The Morgan fingerprint density at radius 3 is 3.12 bits per heavy atom. The molecule has 1 aromatic carbocycles. The molecule has 2 unspecified atom stereocenters. The third-order valence-electron chi connectivity index (χ3n) is 3.82. The molecule has 2 N–H and O–H groups in total. The Morgan fingerprint density at radius 2 is 2.35 bits per heavy atom. The second-order valence-electron chi connectivity index (χ2n) is 4.82. The number of nitrogens with zero attached hydrogens (tertiary/aromatic N) is 1. The number of hydrogen-bond donors (Lipinski definition) is 2. The maximum absolute atomic E-state index is 9.42. The van der Waals surface area contributed by atoms with Crippen LogP contribution in [0.15, 0.2) is 18.2 Å². The van der Waals surface area contributed by atoms with E-state index in [9.17, 15) is 5.11 Å². The number of phenols is 1. The number of rotatable bonds is 2. The summed E-state index contributed by atoms with van der Waals surface area (Å²) in [7, 11) is 2.02. The maximum Gasteiger partial charge on any atom is 0.127 e. The average Bonchev–Trinajstić information content (AvgIpc) is 2.93. The fourth-order valence-corrected chi connectivity index (χ4v) is 2.79. The fraction of sp³-hybridized carbons (Fsp3) is 0.538. The third-order valence-corrected chi connectivity index (χ3v) is 3.82. The first kappa shape index (κ1) is 10.9. The summed E-state index contributed by atoms with van der Waals surface area (Å²) in [6, 6.07) is 6.38. The largest absolute Gasteiger partial charge is 0.508 e. The molecule has 0 radical (unpaired) electrons. The van der Waals surface area contributed by atoms with Crippen LogP contribution in [0.25, 0.3) is 0 Å². The van der Waals surface area contributed by atoms with E-state index in [0.717, 1.165) is 18.8 Å². The minimum Gasteiger partial charge on any atom is -0.508 e. The van der Waals surface area contributed by atoms with E-state index >= 15 is 0 Å². The highest BCUT2D eigenvalue weighted by molar-refractivity contribution is 5.44. The third kappa shape index (κ3) is 1.87. The average molecular weight is 234 g/mol. The van der Waals surface area contributed by atoms with Crippen molar-refractivity contribution < 1.29 is 9.84 Å². The van der Waals surface area contributed by atoms with Crippen molar-refractivity contribution >= 4 is 0 Å². The van der Waals surface area contributed by atoms with Crippen LogP contribution in [0.2, 0.25) is 0 Å². The molecule has 2 heterocycles. The van der Waals surface area contributed by atoms with Crippen LogP contribution in [0.3, 0.4) is 0 Å². The zero-order valence-electron chi connectivity index (χ0n) is 10.0. The molecule has 0 aliphatic carbocycles. The molecule has 2 atom stereocenters. The van der Waals surface area contributed by atoms with Gasteiger partial charge in [0.05, 0.1) is 6.04 Å². The van der Waals surface area contributed by atoms with Gasteiger partial charge in [-0.15, -0.1) is 0 Å². The molecule has 0 bridgehead atoms. The van der Waals surface area contributed by atoms with E-state index in [2.05, 4.69) is 10.2 Å². The van der Waals surface area contributed by atoms with E-state index in [4.69, 9.17) is 4.74 Å². The number of ether oxygens (including phenoxy) is 1. The normalized spacial score (nSPS) is 28.1. The number of fused-ring (bicyclic) bond motifs is 1. The highest BCUT2D eigenvalue weighted by Gasteiger charge is 2.33. The van der Waals surface area contributed by atoms with Gasteiger partial charge in [0.25, 0.3) is 0 Å². The van der Waals surface area contributed by atoms with E-state index in [1.165, 1.54) is 12.0 Å². The van der Waals surface area contributed by atoms with Gasteiger partial charge in [-0.25, -0.2) is 0 Å². The topological polar surface area (TPSA) is 44.7 Å². The number of nitrogens with one attached hydrogen (secondary N) is 1. The van der Waals surface area contributed by atoms with Gasteiger partial charge in [-0.1, -0.05) is 0 Å². The van der Waals surface area contributed by atoms with Gasteiger partial charge >= 0.3 is 0 Å². The van der Waals surface area contributed by atoms with Gasteiger partial charge in [0, 0.05) is 30.8 Å². The van der Waals surface area contributed by atoms with Crippen LogP contribution in [0.1, 0.15) is 18.0 Å². The summed E-state index contributed by atoms with van der Waals surface area (Å²) in [5, 5.41) is 12.8. The van der Waals surface area contributed by atoms with Gasteiger partial charge in [0.15, 0.2) is 0 Å². The van der Waals surface area contributed by atoms with Crippen molar-refractivity contribution in [1.29, 1.82) is 0 Å². The summed E-state index contributed by atoms with van der Waals surface area (Å²) >= 11 is 0. The molecule has 1 fully saturated rings. The van der Waals surface area contributed by atoms with Crippen LogP contribution in [0.4, 0.5) is 0 Å². The fourth-order valence-electron chi connectivity index (χ4n) is 2.79. The van der Waals surface area contributed by atoms with Gasteiger partial charge in [0.1, 0.15) is 18.1 Å². The van der Waals surface area contributed by atoms with Crippen LogP contribution in [0.5, 0.6) is 11.5 Å². The maximum atomic E-state index is 9.42. The summed E-state index contributed by atoms with van der Waals surface area (Å²) in [4.78, 5) is 2.46. The Balaban J connectivity index is 1.80. The van der Waals surface area contributed by atoms with Gasteiger partial charge in [-0.3, -0.25) is 4.90 Å². The van der Waals surface area contributed by atoms with Crippen molar-refractivity contribution in [3.8, 4) is 11.5 Å². The van der Waals surface area contributed by atoms with Crippen molar-refractivity contribution in [2.75, 3.05) is 26.7 Å². The smallest absolute Gasteiger partial charge is 0.127 e. The number of hydrogen-bond acceptors (Lipinski definition) is 4. The summed E-state index contributed by atoms with van der Waals surface area (Å²) in [6.45, 7) is 2.89. The summed E-state index contributed by atoms with van der Waals surface area (Å²) in [5.41, 5.74) is 1.21. The van der Waals surface area contributed by atoms with Gasteiger partial charge < -0.3 is 15.2 Å². The molecule has 2 aliphatic heterocycles. The molecule has 0 spiro atoms. The molecule has 1 saturated heterocycles. The number of phenolic OH excluding ortho intramolecular Hbond substituents is 1. The van der Waals surface area contributed by atoms with Crippen LogP contribution >= 0.6 is 0 Å². The highest BCUT2D eigenvalue weighted by atomic mass is 16.5. The van der Waals surface area contributed by atoms with E-state index in [1.807, 2.05) is 13.1 Å². The molecular formula is C13H18N2O2. The molecule has 17 heavy (non-hydrogen) atoms. The SMILES string of the molecule is CNC1CCN(C2COc3cc(O)ccc32)C1. The van der Waals surface area contributed by atoms with E-state index in [1.54, 1.807) is 12.1 Å². The number of likely N-dealkylation sites (tertiary alicyclic amines) is 1. The predicted octanol–water partition coefficient (Wildman–Crippen LogP) is 1.12. The molecule has 0 saturated carbocycles. The van der Waals surface area contributed by atoms with Crippen molar-refractivity contribution in [2.24, 2.45) is 0 Å². The summed E-state index contributed by atoms with van der Waals surface area (Å²) in [5.74, 6) is 1.11. The standard InChI is InChI=1S/C13H18N2O2/c1-14-9-4-5-15(7-9)12-8-17-13-6-10(16)2-3-11(12)13/h2-3,6,9,12,14,16H,4-5,7-8H2,1H3. The molecule has 92 valence electrons. The van der Waals surface area contributed by atoms with Gasteiger partial charge in [-0.05, 0) is 25.6 Å². The van der Waals surface area contributed by atoms with Crippen LogP contribution in [-0.4, -0.2) is 42.8 Å². The van der Waals surface area contributed by atoms with Crippen LogP contribution in [0, 0.1) is 0 Å². The minimum absolute atomic E-state index is 0.277. The minimum atomic E-state index is 0.277. The molecule has 4 heteroatoms. The molecule has 3 rings (SSSR count). The quantitative estimate of drug-likeness (QED) is 0.805. The summed E-state index contributed by atoms with van der Waals surface area (Å²) < 4.78 is 5.65. The molecule has 1 aromatic rings. The lowest BCUT2D eigenvalue weighted by atomic mass is 10.1. The lowest BCUT2D eigenvalue weighted by Crippen LogP contribution is -2.32. The molecule has 0 amide bonds. The monoisotopic (exact) mass is 234 g/mol. The molecule has 0 aromatic heterocycles. The summed E-state index contributed by atoms with van der Waals surface area (Å²) in [6.07, 6.45) is 1.19. The first-order valence-corrected chi connectivity index (χ1v) is 6.15. The van der Waals surface area contributed by atoms with Crippen molar-refractivity contribution in [3.05, 3.63) is 23.8 Å². The van der Waals surface area contributed by atoms with Gasteiger partial charge in [0.2, 0.25) is 0 Å². The number of aromatic hydroxyl groups is 1. The van der Waals surface area contributed by atoms with Gasteiger partial charge in [-0.2, -0.15) is 0 Å². The highest BCUT2D eigenvalue weighted by Crippen LogP contribution is 2.39. The zero-order valence-corrected chi connectivity index (χ0v) is 10.0.